The zero-order valence-corrected chi connectivity index (χ0v) is 14.4. The second-order valence-corrected chi connectivity index (χ2v) is 7.16. The summed E-state index contributed by atoms with van der Waals surface area (Å²) in [6.45, 7) is 8.46. The van der Waals surface area contributed by atoms with Crippen molar-refractivity contribution in [3.05, 3.63) is 35.9 Å². The molecular formula is C19H29N3O. The minimum Gasteiger partial charge on any atom is -0.352 e. The van der Waals surface area contributed by atoms with E-state index in [4.69, 9.17) is 0 Å². The largest absolute Gasteiger partial charge is 0.352 e. The monoisotopic (exact) mass is 315 g/mol. The Hall–Kier alpha value is -1.39. The summed E-state index contributed by atoms with van der Waals surface area (Å²) < 4.78 is 0. The van der Waals surface area contributed by atoms with E-state index in [1.54, 1.807) is 0 Å². The average molecular weight is 315 g/mol. The van der Waals surface area contributed by atoms with E-state index in [-0.39, 0.29) is 18.0 Å². The SMILES string of the molecule is CC(C)NC(=O)C(c1ccccc1)N1CCCN2CCCC2C1. The van der Waals surface area contributed by atoms with Crippen LogP contribution < -0.4 is 5.32 Å². The Morgan fingerprint density at radius 2 is 1.87 bits per heavy atom. The summed E-state index contributed by atoms with van der Waals surface area (Å²) >= 11 is 0. The van der Waals surface area contributed by atoms with E-state index in [1.807, 2.05) is 32.0 Å². The van der Waals surface area contributed by atoms with Crippen molar-refractivity contribution in [1.29, 1.82) is 0 Å². The summed E-state index contributed by atoms with van der Waals surface area (Å²) in [5.41, 5.74) is 1.11. The molecule has 0 aliphatic carbocycles. The molecule has 1 amide bonds. The zero-order valence-electron chi connectivity index (χ0n) is 14.4. The molecule has 1 N–H and O–H groups in total. The molecule has 2 unspecified atom stereocenters. The summed E-state index contributed by atoms with van der Waals surface area (Å²) in [4.78, 5) is 17.9. The van der Waals surface area contributed by atoms with Crippen LogP contribution in [-0.4, -0.2) is 54.0 Å². The van der Waals surface area contributed by atoms with E-state index in [1.165, 1.54) is 25.9 Å². The Kier molecular flexibility index (Phi) is 5.34. The van der Waals surface area contributed by atoms with Crippen molar-refractivity contribution in [2.45, 2.75) is 51.2 Å². The number of amides is 1. The van der Waals surface area contributed by atoms with Gasteiger partial charge in [0.2, 0.25) is 5.91 Å². The van der Waals surface area contributed by atoms with Gasteiger partial charge in [0.25, 0.3) is 0 Å². The second-order valence-electron chi connectivity index (χ2n) is 7.16. The van der Waals surface area contributed by atoms with Crippen LogP contribution >= 0.6 is 0 Å². The van der Waals surface area contributed by atoms with Gasteiger partial charge in [0.1, 0.15) is 6.04 Å². The Labute approximate surface area is 139 Å². The topological polar surface area (TPSA) is 35.6 Å². The van der Waals surface area contributed by atoms with E-state index >= 15 is 0 Å². The summed E-state index contributed by atoms with van der Waals surface area (Å²) in [5.74, 6) is 0.137. The molecule has 0 bridgehead atoms. The number of carbonyl (C=O) groups is 1. The van der Waals surface area contributed by atoms with Gasteiger partial charge >= 0.3 is 0 Å². The fourth-order valence-electron chi connectivity index (χ4n) is 4.00. The molecule has 2 aliphatic heterocycles. The molecule has 2 aliphatic rings. The quantitative estimate of drug-likeness (QED) is 0.927. The van der Waals surface area contributed by atoms with Crippen molar-refractivity contribution in [2.24, 2.45) is 0 Å². The summed E-state index contributed by atoms with van der Waals surface area (Å²) in [7, 11) is 0. The summed E-state index contributed by atoms with van der Waals surface area (Å²) in [6, 6.07) is 10.9. The first-order chi connectivity index (χ1) is 11.1. The van der Waals surface area contributed by atoms with Crippen LogP contribution in [0.15, 0.2) is 30.3 Å². The van der Waals surface area contributed by atoms with E-state index in [0.717, 1.165) is 25.1 Å². The molecule has 2 saturated heterocycles. The lowest BCUT2D eigenvalue weighted by molar-refractivity contribution is -0.127. The number of hydrogen-bond donors (Lipinski definition) is 1. The fourth-order valence-corrected chi connectivity index (χ4v) is 4.00. The molecular weight excluding hydrogens is 286 g/mol. The van der Waals surface area contributed by atoms with Crippen molar-refractivity contribution in [3.63, 3.8) is 0 Å². The number of rotatable bonds is 4. The molecule has 0 saturated carbocycles. The maximum absolute atomic E-state index is 12.9. The van der Waals surface area contributed by atoms with Gasteiger partial charge in [-0.05, 0) is 51.8 Å². The molecule has 0 aromatic heterocycles. The lowest BCUT2D eigenvalue weighted by atomic mass is 10.0. The van der Waals surface area contributed by atoms with Crippen molar-refractivity contribution in [1.82, 2.24) is 15.1 Å². The molecule has 2 atom stereocenters. The highest BCUT2D eigenvalue weighted by Gasteiger charge is 2.34. The maximum Gasteiger partial charge on any atom is 0.242 e. The van der Waals surface area contributed by atoms with Crippen molar-refractivity contribution < 1.29 is 4.79 Å². The Morgan fingerprint density at radius 1 is 1.13 bits per heavy atom. The number of fused-ring (bicyclic) bond motifs is 1. The Balaban J connectivity index is 1.83. The van der Waals surface area contributed by atoms with Gasteiger partial charge in [-0.1, -0.05) is 30.3 Å². The highest BCUT2D eigenvalue weighted by molar-refractivity contribution is 5.83. The van der Waals surface area contributed by atoms with Crippen molar-refractivity contribution >= 4 is 5.91 Å². The van der Waals surface area contributed by atoms with Gasteiger partial charge in [0.05, 0.1) is 0 Å². The van der Waals surface area contributed by atoms with Crippen LogP contribution in [0.1, 0.15) is 44.7 Å². The van der Waals surface area contributed by atoms with Gasteiger partial charge in [0.15, 0.2) is 0 Å². The minimum atomic E-state index is -0.167. The van der Waals surface area contributed by atoms with Crippen LogP contribution in [0.5, 0.6) is 0 Å². The third kappa shape index (κ3) is 3.93. The minimum absolute atomic E-state index is 0.137. The van der Waals surface area contributed by atoms with Crippen molar-refractivity contribution in [2.75, 3.05) is 26.2 Å². The van der Waals surface area contributed by atoms with Crippen LogP contribution in [0.2, 0.25) is 0 Å². The fraction of sp³-hybridized carbons (Fsp3) is 0.632. The van der Waals surface area contributed by atoms with Crippen LogP contribution in [0, 0.1) is 0 Å². The van der Waals surface area contributed by atoms with E-state index < -0.39 is 0 Å². The first-order valence-electron chi connectivity index (χ1n) is 8.98. The van der Waals surface area contributed by atoms with Gasteiger partial charge in [-0.3, -0.25) is 14.6 Å². The molecule has 0 radical (unpaired) electrons. The van der Waals surface area contributed by atoms with Gasteiger partial charge in [-0.15, -0.1) is 0 Å². The molecule has 126 valence electrons. The Bertz CT molecular complexity index is 517. The number of nitrogens with one attached hydrogen (secondary N) is 1. The molecule has 23 heavy (non-hydrogen) atoms. The van der Waals surface area contributed by atoms with Crippen LogP contribution in [0.25, 0.3) is 0 Å². The highest BCUT2D eigenvalue weighted by atomic mass is 16.2. The van der Waals surface area contributed by atoms with Crippen LogP contribution in [0.3, 0.4) is 0 Å². The standard InChI is InChI=1S/C19H29N3O/c1-15(2)20-19(23)18(16-8-4-3-5-9-16)22-13-7-12-21-11-6-10-17(21)14-22/h3-5,8-9,15,17-18H,6-7,10-14H2,1-2H3,(H,20,23). The normalized spacial score (nSPS) is 24.2. The molecule has 2 fully saturated rings. The lowest BCUT2D eigenvalue weighted by Gasteiger charge is -2.32. The second kappa shape index (κ2) is 7.45. The van der Waals surface area contributed by atoms with E-state index in [9.17, 15) is 4.79 Å². The number of hydrogen-bond acceptors (Lipinski definition) is 3. The molecule has 0 spiro atoms. The lowest BCUT2D eigenvalue weighted by Crippen LogP contribution is -2.45. The molecule has 1 aromatic carbocycles. The first kappa shape index (κ1) is 16.5. The van der Waals surface area contributed by atoms with Gasteiger partial charge in [-0.2, -0.15) is 0 Å². The number of nitrogens with zero attached hydrogens (tertiary/aromatic N) is 2. The average Bonchev–Trinajstić information content (AvgIpc) is 2.86. The van der Waals surface area contributed by atoms with Gasteiger partial charge in [0, 0.05) is 25.2 Å². The molecule has 2 heterocycles. The predicted octanol–water partition coefficient (Wildman–Crippen LogP) is 2.42. The zero-order chi connectivity index (χ0) is 16.2. The third-order valence-electron chi connectivity index (χ3n) is 4.99. The summed E-state index contributed by atoms with van der Waals surface area (Å²) in [6.07, 6.45) is 3.71. The van der Waals surface area contributed by atoms with E-state index in [0.29, 0.717) is 6.04 Å². The molecule has 3 rings (SSSR count). The Morgan fingerprint density at radius 3 is 2.61 bits per heavy atom. The predicted molar refractivity (Wildman–Crippen MR) is 93.2 cm³/mol. The van der Waals surface area contributed by atoms with E-state index in [2.05, 4.69) is 27.2 Å². The van der Waals surface area contributed by atoms with Gasteiger partial charge in [-0.25, -0.2) is 0 Å². The first-order valence-corrected chi connectivity index (χ1v) is 8.98. The van der Waals surface area contributed by atoms with Crippen LogP contribution in [-0.2, 0) is 4.79 Å². The maximum atomic E-state index is 12.9. The summed E-state index contributed by atoms with van der Waals surface area (Å²) in [5, 5.41) is 3.12. The molecule has 4 heteroatoms. The third-order valence-corrected chi connectivity index (χ3v) is 4.99. The van der Waals surface area contributed by atoms with Crippen molar-refractivity contribution in [3.8, 4) is 0 Å². The smallest absolute Gasteiger partial charge is 0.242 e. The van der Waals surface area contributed by atoms with Gasteiger partial charge < -0.3 is 5.32 Å². The number of benzene rings is 1. The molecule has 1 aromatic rings. The molecule has 4 nitrogen and oxygen atoms in total. The number of carbonyl (C=O) groups excluding carboxylic acids is 1. The van der Waals surface area contributed by atoms with Crippen LogP contribution in [0.4, 0.5) is 0 Å². The highest BCUT2D eigenvalue weighted by Crippen LogP contribution is 2.28.